The van der Waals surface area contributed by atoms with Crippen LogP contribution in [0.5, 0.6) is 5.75 Å². The van der Waals surface area contributed by atoms with E-state index in [4.69, 9.17) is 4.74 Å². The van der Waals surface area contributed by atoms with Gasteiger partial charge in [-0.1, -0.05) is 24.3 Å². The van der Waals surface area contributed by atoms with Crippen molar-refractivity contribution in [3.8, 4) is 5.75 Å². The van der Waals surface area contributed by atoms with Gasteiger partial charge in [0.2, 0.25) is 0 Å². The van der Waals surface area contributed by atoms with Crippen molar-refractivity contribution in [3.63, 3.8) is 0 Å². The van der Waals surface area contributed by atoms with Gasteiger partial charge in [0, 0.05) is 24.9 Å². The summed E-state index contributed by atoms with van der Waals surface area (Å²) in [6.45, 7) is 0.807. The molecule has 1 aliphatic heterocycles. The summed E-state index contributed by atoms with van der Waals surface area (Å²) < 4.78 is 32.9. The normalized spacial score (nSPS) is 17.8. The highest BCUT2D eigenvalue weighted by Gasteiger charge is 2.28. The van der Waals surface area contributed by atoms with Crippen LogP contribution in [0.1, 0.15) is 11.1 Å². The van der Waals surface area contributed by atoms with Gasteiger partial charge in [-0.25, -0.2) is 8.78 Å². The summed E-state index contributed by atoms with van der Waals surface area (Å²) in [6.07, 6.45) is 2.11. The number of aldehydes is 1. The molecule has 0 N–H and O–H groups in total. The highest BCUT2D eigenvalue weighted by atomic mass is 19.2. The molecule has 0 radical (unpaired) electrons. The maximum atomic E-state index is 14.2. The lowest BCUT2D eigenvalue weighted by Gasteiger charge is -2.39. The number of hydrogen-bond donors (Lipinski definition) is 0. The van der Waals surface area contributed by atoms with E-state index in [9.17, 15) is 13.6 Å². The van der Waals surface area contributed by atoms with Crippen molar-refractivity contribution >= 4 is 11.9 Å². The van der Waals surface area contributed by atoms with Crippen molar-refractivity contribution in [1.29, 1.82) is 0 Å². The van der Waals surface area contributed by atoms with Crippen molar-refractivity contribution in [2.45, 2.75) is 12.7 Å². The molecule has 136 valence electrons. The second-order valence-corrected chi connectivity index (χ2v) is 6.24. The zero-order valence-electron chi connectivity index (χ0n) is 14.7. The second kappa shape index (κ2) is 7.66. The SMILES string of the molecule is COc1ccc(CN2C=C(c3cccc(F)c3F)CN(C)C2C=O)cc1. The van der Waals surface area contributed by atoms with Crippen LogP contribution in [0.2, 0.25) is 0 Å². The monoisotopic (exact) mass is 358 g/mol. The molecule has 0 aromatic heterocycles. The maximum absolute atomic E-state index is 14.2. The molecule has 0 fully saturated rings. The van der Waals surface area contributed by atoms with E-state index in [1.807, 2.05) is 29.2 Å². The molecule has 0 amide bonds. The number of likely N-dealkylation sites (N-methyl/N-ethyl adjacent to an activating group) is 1. The maximum Gasteiger partial charge on any atom is 0.166 e. The molecule has 3 rings (SSSR count). The summed E-state index contributed by atoms with van der Waals surface area (Å²) in [5.74, 6) is -1.01. The van der Waals surface area contributed by atoms with Crippen LogP contribution in [0, 0.1) is 11.6 Å². The topological polar surface area (TPSA) is 32.8 Å². The number of carbonyl (C=O) groups is 1. The van der Waals surface area contributed by atoms with Crippen LogP contribution < -0.4 is 4.74 Å². The predicted molar refractivity (Wildman–Crippen MR) is 95.4 cm³/mol. The Kier molecular flexibility index (Phi) is 5.32. The summed E-state index contributed by atoms with van der Waals surface area (Å²) in [5.41, 5.74) is 1.81. The number of nitrogens with zero attached hydrogens (tertiary/aromatic N) is 2. The largest absolute Gasteiger partial charge is 0.497 e. The van der Waals surface area contributed by atoms with Gasteiger partial charge in [0.25, 0.3) is 0 Å². The molecule has 0 aliphatic carbocycles. The molecular formula is C20H20F2N2O2. The van der Waals surface area contributed by atoms with E-state index in [0.29, 0.717) is 18.7 Å². The Labute approximate surface area is 151 Å². The molecule has 2 aromatic rings. The fourth-order valence-electron chi connectivity index (χ4n) is 3.10. The van der Waals surface area contributed by atoms with Gasteiger partial charge in [0.1, 0.15) is 11.9 Å². The Bertz CT molecular complexity index is 821. The molecule has 1 atom stereocenters. The molecule has 26 heavy (non-hydrogen) atoms. The van der Waals surface area contributed by atoms with E-state index in [-0.39, 0.29) is 5.56 Å². The van der Waals surface area contributed by atoms with E-state index in [0.717, 1.165) is 23.7 Å². The van der Waals surface area contributed by atoms with Gasteiger partial charge in [0.15, 0.2) is 17.9 Å². The van der Waals surface area contributed by atoms with Crippen molar-refractivity contribution in [2.75, 3.05) is 20.7 Å². The van der Waals surface area contributed by atoms with Crippen molar-refractivity contribution in [1.82, 2.24) is 9.80 Å². The minimum absolute atomic E-state index is 0.209. The van der Waals surface area contributed by atoms with Crippen LogP contribution in [-0.2, 0) is 11.3 Å². The second-order valence-electron chi connectivity index (χ2n) is 6.24. The molecule has 6 heteroatoms. The van der Waals surface area contributed by atoms with E-state index < -0.39 is 17.8 Å². The summed E-state index contributed by atoms with van der Waals surface area (Å²) in [6, 6.07) is 11.6. The van der Waals surface area contributed by atoms with Gasteiger partial charge in [-0.3, -0.25) is 9.69 Å². The number of ether oxygens (including phenoxy) is 1. The van der Waals surface area contributed by atoms with E-state index in [2.05, 4.69) is 0 Å². The molecule has 1 aliphatic rings. The highest BCUT2D eigenvalue weighted by Crippen LogP contribution is 2.27. The third kappa shape index (κ3) is 3.60. The molecule has 0 saturated carbocycles. The standard InChI is InChI=1S/C20H20F2N2O2/c1-23-11-15(17-4-3-5-18(21)20(17)22)12-24(19(23)13-25)10-14-6-8-16(26-2)9-7-14/h3-9,12-13,19H,10-11H2,1-2H3. The summed E-state index contributed by atoms with van der Waals surface area (Å²) in [5, 5.41) is 0. The number of methoxy groups -OCH3 is 1. The van der Waals surface area contributed by atoms with Gasteiger partial charge in [-0.2, -0.15) is 0 Å². The zero-order chi connectivity index (χ0) is 18.7. The number of halogens is 2. The minimum atomic E-state index is -0.884. The number of carbonyl (C=O) groups excluding carboxylic acids is 1. The average molecular weight is 358 g/mol. The van der Waals surface area contributed by atoms with Crippen LogP contribution in [0.4, 0.5) is 8.78 Å². The molecule has 1 unspecified atom stereocenters. The fraction of sp³-hybridized carbons (Fsp3) is 0.250. The van der Waals surface area contributed by atoms with E-state index in [1.54, 1.807) is 31.3 Å². The Morgan fingerprint density at radius 1 is 1.19 bits per heavy atom. The predicted octanol–water partition coefficient (Wildman–Crippen LogP) is 3.29. The van der Waals surface area contributed by atoms with Crippen molar-refractivity contribution < 1.29 is 18.3 Å². The lowest BCUT2D eigenvalue weighted by Crippen LogP contribution is -2.48. The Morgan fingerprint density at radius 3 is 2.58 bits per heavy atom. The summed E-state index contributed by atoms with van der Waals surface area (Å²) in [4.78, 5) is 15.2. The first kappa shape index (κ1) is 18.1. The Hall–Kier alpha value is -2.73. The van der Waals surface area contributed by atoms with Gasteiger partial charge in [-0.05, 0) is 36.4 Å². The third-order valence-electron chi connectivity index (χ3n) is 4.48. The first-order valence-electron chi connectivity index (χ1n) is 8.22. The van der Waals surface area contributed by atoms with E-state index >= 15 is 0 Å². The molecule has 1 heterocycles. The van der Waals surface area contributed by atoms with Crippen LogP contribution in [-0.4, -0.2) is 43.0 Å². The van der Waals surface area contributed by atoms with E-state index in [1.165, 1.54) is 6.07 Å². The lowest BCUT2D eigenvalue weighted by atomic mass is 10.0. The number of hydrogen-bond acceptors (Lipinski definition) is 4. The first-order valence-corrected chi connectivity index (χ1v) is 8.22. The smallest absolute Gasteiger partial charge is 0.166 e. The Balaban J connectivity index is 1.93. The molecule has 4 nitrogen and oxygen atoms in total. The van der Waals surface area contributed by atoms with Gasteiger partial charge in [0.05, 0.1) is 7.11 Å². The Morgan fingerprint density at radius 2 is 1.92 bits per heavy atom. The number of rotatable bonds is 5. The number of benzene rings is 2. The molecule has 0 spiro atoms. The fourth-order valence-corrected chi connectivity index (χ4v) is 3.10. The first-order chi connectivity index (χ1) is 12.5. The molecule has 0 saturated heterocycles. The van der Waals surface area contributed by atoms with Crippen LogP contribution in [0.25, 0.3) is 5.57 Å². The molecule has 0 bridgehead atoms. The zero-order valence-corrected chi connectivity index (χ0v) is 14.7. The van der Waals surface area contributed by atoms with Crippen LogP contribution >= 0.6 is 0 Å². The summed E-state index contributed by atoms with van der Waals surface area (Å²) >= 11 is 0. The van der Waals surface area contributed by atoms with Gasteiger partial charge in [-0.15, -0.1) is 0 Å². The van der Waals surface area contributed by atoms with Crippen molar-refractivity contribution in [2.24, 2.45) is 0 Å². The highest BCUT2D eigenvalue weighted by molar-refractivity contribution is 5.70. The van der Waals surface area contributed by atoms with Gasteiger partial charge < -0.3 is 9.64 Å². The average Bonchev–Trinajstić information content (AvgIpc) is 2.64. The molecule has 2 aromatic carbocycles. The van der Waals surface area contributed by atoms with Crippen LogP contribution in [0.15, 0.2) is 48.7 Å². The quantitative estimate of drug-likeness (QED) is 0.768. The molecular weight excluding hydrogens is 338 g/mol. The van der Waals surface area contributed by atoms with Crippen LogP contribution in [0.3, 0.4) is 0 Å². The summed E-state index contributed by atoms with van der Waals surface area (Å²) in [7, 11) is 3.38. The minimum Gasteiger partial charge on any atom is -0.497 e. The third-order valence-corrected chi connectivity index (χ3v) is 4.48. The van der Waals surface area contributed by atoms with Crippen molar-refractivity contribution in [3.05, 3.63) is 71.4 Å². The van der Waals surface area contributed by atoms with Gasteiger partial charge >= 0.3 is 0 Å². The lowest BCUT2D eigenvalue weighted by molar-refractivity contribution is -0.116.